The van der Waals surface area contributed by atoms with Gasteiger partial charge in [0.15, 0.2) is 0 Å². The number of benzene rings is 3. The summed E-state index contributed by atoms with van der Waals surface area (Å²) in [7, 11) is 6.00. The molecule has 0 aliphatic rings. The van der Waals surface area contributed by atoms with Gasteiger partial charge in [0.25, 0.3) is 5.91 Å². The molecular weight excluding hydrogens is 406 g/mol. The predicted octanol–water partition coefficient (Wildman–Crippen LogP) is 4.79. The van der Waals surface area contributed by atoms with Crippen LogP contribution >= 0.6 is 12.2 Å². The summed E-state index contributed by atoms with van der Waals surface area (Å²) in [6, 6.07) is 20.2. The van der Waals surface area contributed by atoms with E-state index in [0.29, 0.717) is 17.8 Å². The van der Waals surface area contributed by atoms with Gasteiger partial charge in [-0.25, -0.2) is 0 Å². The van der Waals surface area contributed by atoms with Crippen LogP contribution < -0.4 is 5.32 Å². The molecule has 1 atom stereocenters. The lowest BCUT2D eigenvalue weighted by molar-refractivity contribution is -0.111. The number of hydrogen-bond donors (Lipinski definition) is 1. The normalized spacial score (nSPS) is 11.3. The van der Waals surface area contributed by atoms with E-state index in [2.05, 4.69) is 5.32 Å². The van der Waals surface area contributed by atoms with E-state index in [1.807, 2.05) is 99.7 Å². The van der Waals surface area contributed by atoms with E-state index >= 15 is 0 Å². The Morgan fingerprint density at radius 2 is 1.55 bits per heavy atom. The molecule has 3 rings (SSSR count). The van der Waals surface area contributed by atoms with Gasteiger partial charge in [0.05, 0.1) is 16.7 Å². The Bertz CT molecular complexity index is 1020. The number of anilines is 1. The van der Waals surface area contributed by atoms with E-state index in [9.17, 15) is 9.59 Å². The number of fused-ring (bicyclic) bond motifs is 1. The smallest absolute Gasteiger partial charge is 0.256 e. The Morgan fingerprint density at radius 3 is 2.06 bits per heavy atom. The molecular formula is C25H29N3O2S. The molecule has 5 nitrogen and oxygen atoms in total. The molecule has 0 fully saturated rings. The quantitative estimate of drug-likeness (QED) is 0.427. The molecule has 0 saturated carbocycles. The second-order valence-corrected chi connectivity index (χ2v) is 7.67. The largest absolute Gasteiger partial charge is 0.352 e. The van der Waals surface area contributed by atoms with Crippen molar-refractivity contribution in [2.24, 2.45) is 0 Å². The highest BCUT2D eigenvalue weighted by atomic mass is 32.1. The van der Waals surface area contributed by atoms with Gasteiger partial charge in [-0.3, -0.25) is 4.79 Å². The summed E-state index contributed by atoms with van der Waals surface area (Å²) in [5.74, 6) is -0.219. The number of nitrogens with one attached hydrogen (secondary N) is 1. The average Bonchev–Trinajstić information content (AvgIpc) is 2.77. The second-order valence-electron chi connectivity index (χ2n) is 7.43. The molecule has 0 aromatic heterocycles. The molecule has 0 heterocycles. The molecule has 0 radical (unpaired) electrons. The van der Waals surface area contributed by atoms with E-state index in [4.69, 9.17) is 12.2 Å². The molecule has 0 saturated heterocycles. The Morgan fingerprint density at radius 1 is 1.00 bits per heavy atom. The molecule has 1 amide bonds. The zero-order valence-corrected chi connectivity index (χ0v) is 19.2. The maximum atomic E-state index is 13.4. The van der Waals surface area contributed by atoms with Crippen molar-refractivity contribution in [1.82, 2.24) is 9.80 Å². The minimum absolute atomic E-state index is 0.219. The fraction of sp³-hybridized carbons (Fsp3) is 0.240. The molecule has 6 heteroatoms. The number of carbonyl (C=O) groups is 2. The maximum Gasteiger partial charge on any atom is 0.256 e. The van der Waals surface area contributed by atoms with E-state index in [1.165, 1.54) is 5.49 Å². The van der Waals surface area contributed by atoms with Gasteiger partial charge in [0, 0.05) is 6.54 Å². The van der Waals surface area contributed by atoms with Crippen molar-refractivity contribution in [3.63, 3.8) is 0 Å². The van der Waals surface area contributed by atoms with Gasteiger partial charge < -0.3 is 19.9 Å². The SMILES string of the molecule is CCN(C(=O)c1cc2ccccc2cc1NC=S)C(C=O)c1ccccc1.CN(C)C. The molecule has 0 spiro atoms. The van der Waals surface area contributed by atoms with Crippen LogP contribution in [0.5, 0.6) is 0 Å². The van der Waals surface area contributed by atoms with Gasteiger partial charge in [-0.15, -0.1) is 0 Å². The van der Waals surface area contributed by atoms with E-state index in [0.717, 1.165) is 22.6 Å². The van der Waals surface area contributed by atoms with Crippen LogP contribution in [0.4, 0.5) is 5.69 Å². The second kappa shape index (κ2) is 11.9. The number of carbonyl (C=O) groups excluding carboxylic acids is 2. The number of nitrogens with zero attached hydrogens (tertiary/aromatic N) is 2. The van der Waals surface area contributed by atoms with Crippen molar-refractivity contribution in [2.75, 3.05) is 33.0 Å². The summed E-state index contributed by atoms with van der Waals surface area (Å²) in [6.45, 7) is 2.27. The lowest BCUT2D eigenvalue weighted by Gasteiger charge is -2.28. The fourth-order valence-electron chi connectivity index (χ4n) is 3.20. The van der Waals surface area contributed by atoms with Gasteiger partial charge in [0.1, 0.15) is 12.3 Å². The Labute approximate surface area is 189 Å². The van der Waals surface area contributed by atoms with Crippen LogP contribution in [0.25, 0.3) is 10.8 Å². The Hall–Kier alpha value is -3.09. The van der Waals surface area contributed by atoms with Crippen LogP contribution in [0.2, 0.25) is 0 Å². The Balaban J connectivity index is 0.000000785. The highest BCUT2D eigenvalue weighted by Crippen LogP contribution is 2.28. The third-order valence-electron chi connectivity index (χ3n) is 4.54. The zero-order valence-electron chi connectivity index (χ0n) is 18.4. The first-order chi connectivity index (χ1) is 14.9. The van der Waals surface area contributed by atoms with Gasteiger partial charge in [0.2, 0.25) is 0 Å². The van der Waals surface area contributed by atoms with Crippen molar-refractivity contribution in [3.8, 4) is 0 Å². The van der Waals surface area contributed by atoms with Gasteiger partial charge >= 0.3 is 0 Å². The van der Waals surface area contributed by atoms with Gasteiger partial charge in [-0.05, 0) is 56.5 Å². The number of rotatable bonds is 7. The lowest BCUT2D eigenvalue weighted by Crippen LogP contribution is -2.36. The topological polar surface area (TPSA) is 52.7 Å². The summed E-state index contributed by atoms with van der Waals surface area (Å²) < 4.78 is 0. The van der Waals surface area contributed by atoms with E-state index in [-0.39, 0.29) is 5.91 Å². The molecule has 1 unspecified atom stereocenters. The highest BCUT2D eigenvalue weighted by Gasteiger charge is 2.26. The zero-order chi connectivity index (χ0) is 22.8. The van der Waals surface area contributed by atoms with Crippen LogP contribution in [0.3, 0.4) is 0 Å². The van der Waals surface area contributed by atoms with Gasteiger partial charge in [-0.2, -0.15) is 0 Å². The van der Waals surface area contributed by atoms with Crippen molar-refractivity contribution < 1.29 is 9.59 Å². The van der Waals surface area contributed by atoms with Crippen LogP contribution in [0, 0.1) is 0 Å². The standard InChI is InChI=1S/C22H20N2O2S.C3H9N/c1-2-24(21(14-25)16-8-4-3-5-9-16)22(26)19-12-17-10-6-7-11-18(17)13-20(19)23-15-27;1-4(2)3/h3-15,21H,2H2,1H3,(H,23,27);1-3H3. The van der Waals surface area contributed by atoms with Crippen LogP contribution in [0.15, 0.2) is 66.7 Å². The fourth-order valence-corrected chi connectivity index (χ4v) is 3.33. The molecule has 0 bridgehead atoms. The molecule has 0 aliphatic heterocycles. The van der Waals surface area contributed by atoms with Crippen molar-refractivity contribution >= 4 is 46.4 Å². The number of hydrogen-bond acceptors (Lipinski definition) is 4. The predicted molar refractivity (Wildman–Crippen MR) is 133 cm³/mol. The summed E-state index contributed by atoms with van der Waals surface area (Å²) in [4.78, 5) is 28.8. The van der Waals surface area contributed by atoms with Crippen LogP contribution in [-0.2, 0) is 4.79 Å². The lowest BCUT2D eigenvalue weighted by atomic mass is 10.0. The molecule has 1 N–H and O–H groups in total. The number of amides is 1. The van der Waals surface area contributed by atoms with Gasteiger partial charge in [-0.1, -0.05) is 66.8 Å². The monoisotopic (exact) mass is 435 g/mol. The maximum absolute atomic E-state index is 13.4. The van der Waals surface area contributed by atoms with Crippen molar-refractivity contribution in [3.05, 3.63) is 77.9 Å². The number of aldehydes is 1. The summed E-state index contributed by atoms with van der Waals surface area (Å²) in [5, 5.41) is 4.94. The molecule has 31 heavy (non-hydrogen) atoms. The first-order valence-corrected chi connectivity index (χ1v) is 10.5. The average molecular weight is 436 g/mol. The van der Waals surface area contributed by atoms with Crippen molar-refractivity contribution in [1.29, 1.82) is 0 Å². The highest BCUT2D eigenvalue weighted by molar-refractivity contribution is 7.79. The Kier molecular flexibility index (Phi) is 9.31. The third-order valence-corrected chi connectivity index (χ3v) is 4.66. The summed E-state index contributed by atoms with van der Waals surface area (Å²) in [5.41, 5.74) is 3.28. The number of likely N-dealkylation sites (N-methyl/N-ethyl adjacent to an activating group) is 1. The van der Waals surface area contributed by atoms with Crippen LogP contribution in [0.1, 0.15) is 28.9 Å². The summed E-state index contributed by atoms with van der Waals surface area (Å²) in [6.07, 6.45) is 0.810. The molecule has 0 aliphatic carbocycles. The minimum Gasteiger partial charge on any atom is -0.352 e. The first kappa shape index (κ1) is 24.2. The number of thiocarbonyl (C=S) groups is 1. The molecule has 162 valence electrons. The first-order valence-electron chi connectivity index (χ1n) is 10.1. The van der Waals surface area contributed by atoms with Crippen LogP contribution in [-0.4, -0.2) is 55.2 Å². The minimum atomic E-state index is -0.643. The molecule has 3 aromatic carbocycles. The molecule has 3 aromatic rings. The summed E-state index contributed by atoms with van der Waals surface area (Å²) >= 11 is 4.93. The van der Waals surface area contributed by atoms with Crippen molar-refractivity contribution in [2.45, 2.75) is 13.0 Å². The van der Waals surface area contributed by atoms with E-state index in [1.54, 1.807) is 4.90 Å². The third kappa shape index (κ3) is 6.44. The van der Waals surface area contributed by atoms with E-state index < -0.39 is 6.04 Å².